The van der Waals surface area contributed by atoms with E-state index in [1.54, 1.807) is 12.1 Å². The predicted molar refractivity (Wildman–Crippen MR) is 96.1 cm³/mol. The first-order chi connectivity index (χ1) is 12.6. The molecule has 2 aromatic carbocycles. The first-order valence-corrected chi connectivity index (χ1v) is 7.95. The molecule has 6 nitrogen and oxygen atoms in total. The Morgan fingerprint density at radius 2 is 1.92 bits per heavy atom. The van der Waals surface area contributed by atoms with E-state index < -0.39 is 12.1 Å². The summed E-state index contributed by atoms with van der Waals surface area (Å²) in [4.78, 5) is 22.7. The summed E-state index contributed by atoms with van der Waals surface area (Å²) in [6.07, 6.45) is -0.0947. The van der Waals surface area contributed by atoms with E-state index >= 15 is 0 Å². The predicted octanol–water partition coefficient (Wildman–Crippen LogP) is 3.06. The summed E-state index contributed by atoms with van der Waals surface area (Å²) < 4.78 is 10.1. The van der Waals surface area contributed by atoms with Gasteiger partial charge in [-0.1, -0.05) is 42.2 Å². The molecule has 0 radical (unpaired) electrons. The van der Waals surface area contributed by atoms with Crippen molar-refractivity contribution in [2.75, 3.05) is 13.7 Å². The summed E-state index contributed by atoms with van der Waals surface area (Å²) in [5.74, 6) is 4.95. The zero-order valence-electron chi connectivity index (χ0n) is 14.3. The zero-order valence-corrected chi connectivity index (χ0v) is 14.3. The molecular formula is C20H19NO5. The molecular weight excluding hydrogens is 334 g/mol. The molecule has 0 heterocycles. The average molecular weight is 353 g/mol. The molecule has 0 atom stereocenters. The van der Waals surface area contributed by atoms with E-state index in [2.05, 4.69) is 17.2 Å². The third-order valence-corrected chi connectivity index (χ3v) is 3.39. The van der Waals surface area contributed by atoms with Crippen LogP contribution in [0, 0.1) is 11.8 Å². The van der Waals surface area contributed by atoms with Crippen LogP contribution in [-0.2, 0) is 11.3 Å². The summed E-state index contributed by atoms with van der Waals surface area (Å²) in [6, 6.07) is 14.1. The number of benzene rings is 2. The second-order valence-corrected chi connectivity index (χ2v) is 5.26. The van der Waals surface area contributed by atoms with Gasteiger partial charge in [0.05, 0.1) is 7.11 Å². The molecule has 0 saturated heterocycles. The number of aromatic carboxylic acids is 1. The topological polar surface area (TPSA) is 84.9 Å². The van der Waals surface area contributed by atoms with Crippen LogP contribution in [0.3, 0.4) is 0 Å². The van der Waals surface area contributed by atoms with E-state index in [-0.39, 0.29) is 17.9 Å². The standard InChI is InChI=1S/C20H19NO5/c1-25-18-11-10-15(13-17(18)19(22)23)7-5-6-12-21-20(24)26-14-16-8-3-2-4-9-16/h2-4,8-11,13H,6,12,14H2,1H3,(H,21,24)(H,22,23). The molecule has 0 saturated carbocycles. The summed E-state index contributed by atoms with van der Waals surface area (Å²) in [6.45, 7) is 0.546. The molecule has 0 spiro atoms. The van der Waals surface area contributed by atoms with Crippen LogP contribution in [0.4, 0.5) is 4.79 Å². The van der Waals surface area contributed by atoms with Crippen LogP contribution in [0.15, 0.2) is 48.5 Å². The lowest BCUT2D eigenvalue weighted by atomic mass is 10.1. The fourth-order valence-corrected chi connectivity index (χ4v) is 2.12. The number of carboxylic acids is 1. The first-order valence-electron chi connectivity index (χ1n) is 7.95. The van der Waals surface area contributed by atoms with Gasteiger partial charge in [-0.25, -0.2) is 9.59 Å². The molecule has 0 aliphatic heterocycles. The summed E-state index contributed by atoms with van der Waals surface area (Å²) in [7, 11) is 1.41. The minimum absolute atomic E-state index is 0.0573. The van der Waals surface area contributed by atoms with Crippen LogP contribution in [0.2, 0.25) is 0 Å². The molecule has 2 rings (SSSR count). The Kier molecular flexibility index (Phi) is 7.07. The van der Waals surface area contributed by atoms with E-state index in [0.717, 1.165) is 5.56 Å². The molecule has 0 aliphatic carbocycles. The largest absolute Gasteiger partial charge is 0.496 e. The smallest absolute Gasteiger partial charge is 0.407 e. The van der Waals surface area contributed by atoms with Crippen molar-refractivity contribution in [1.29, 1.82) is 0 Å². The quantitative estimate of drug-likeness (QED) is 0.616. The number of ether oxygens (including phenoxy) is 2. The monoisotopic (exact) mass is 353 g/mol. The third-order valence-electron chi connectivity index (χ3n) is 3.39. The van der Waals surface area contributed by atoms with Crippen molar-refractivity contribution in [3.05, 3.63) is 65.2 Å². The summed E-state index contributed by atoms with van der Waals surface area (Å²) in [5, 5.41) is 11.7. The van der Waals surface area contributed by atoms with Crippen molar-refractivity contribution in [1.82, 2.24) is 5.32 Å². The molecule has 26 heavy (non-hydrogen) atoms. The Hall–Kier alpha value is -3.46. The SMILES string of the molecule is COc1ccc(C#CCCNC(=O)OCc2ccccc2)cc1C(=O)O. The summed E-state index contributed by atoms with van der Waals surface area (Å²) in [5.41, 5.74) is 1.54. The van der Waals surface area contributed by atoms with Crippen molar-refractivity contribution >= 4 is 12.1 Å². The minimum atomic E-state index is -1.08. The number of carbonyl (C=O) groups is 2. The molecule has 0 fully saturated rings. The van der Waals surface area contributed by atoms with Crippen molar-refractivity contribution < 1.29 is 24.2 Å². The van der Waals surface area contributed by atoms with Crippen LogP contribution in [-0.4, -0.2) is 30.8 Å². The number of carboxylic acid groups (broad SMARTS) is 1. The highest BCUT2D eigenvalue weighted by Gasteiger charge is 2.10. The molecule has 6 heteroatoms. The van der Waals surface area contributed by atoms with Gasteiger partial charge in [0, 0.05) is 18.5 Å². The molecule has 0 unspecified atom stereocenters. The number of hydrogen-bond donors (Lipinski definition) is 2. The zero-order chi connectivity index (χ0) is 18.8. The van der Waals surface area contributed by atoms with Crippen molar-refractivity contribution in [2.45, 2.75) is 13.0 Å². The maximum Gasteiger partial charge on any atom is 0.407 e. The number of hydrogen-bond acceptors (Lipinski definition) is 4. The van der Waals surface area contributed by atoms with Gasteiger partial charge in [0.1, 0.15) is 17.9 Å². The Morgan fingerprint density at radius 1 is 1.15 bits per heavy atom. The van der Waals surface area contributed by atoms with E-state index in [9.17, 15) is 9.59 Å². The molecule has 134 valence electrons. The fraction of sp³-hybridized carbons (Fsp3) is 0.200. The van der Waals surface area contributed by atoms with Gasteiger partial charge >= 0.3 is 12.1 Å². The van der Waals surface area contributed by atoms with Gasteiger partial charge in [-0.05, 0) is 23.8 Å². The van der Waals surface area contributed by atoms with Gasteiger partial charge in [0.15, 0.2) is 0 Å². The fourth-order valence-electron chi connectivity index (χ4n) is 2.12. The Labute approximate surface area is 151 Å². The molecule has 2 N–H and O–H groups in total. The van der Waals surface area contributed by atoms with Gasteiger partial charge in [0.2, 0.25) is 0 Å². The Balaban J connectivity index is 1.77. The van der Waals surface area contributed by atoms with Gasteiger partial charge in [-0.2, -0.15) is 0 Å². The number of nitrogens with one attached hydrogen (secondary N) is 1. The van der Waals surface area contributed by atoms with Crippen LogP contribution in [0.5, 0.6) is 5.75 Å². The first kappa shape index (κ1) is 18.9. The van der Waals surface area contributed by atoms with Crippen LogP contribution >= 0.6 is 0 Å². The second-order valence-electron chi connectivity index (χ2n) is 5.26. The number of methoxy groups -OCH3 is 1. The molecule has 2 aromatic rings. The number of carbonyl (C=O) groups excluding carboxylic acids is 1. The van der Waals surface area contributed by atoms with Gasteiger partial charge in [-0.15, -0.1) is 0 Å². The highest BCUT2D eigenvalue weighted by molar-refractivity contribution is 5.91. The lowest BCUT2D eigenvalue weighted by molar-refractivity contribution is 0.0693. The van der Waals surface area contributed by atoms with Gasteiger partial charge < -0.3 is 19.9 Å². The van der Waals surface area contributed by atoms with E-state index in [4.69, 9.17) is 14.6 Å². The second kappa shape index (κ2) is 9.74. The van der Waals surface area contributed by atoms with E-state index in [1.807, 2.05) is 30.3 Å². The van der Waals surface area contributed by atoms with Gasteiger partial charge in [-0.3, -0.25) is 0 Å². The van der Waals surface area contributed by atoms with Crippen molar-refractivity contribution in [3.63, 3.8) is 0 Å². The number of amides is 1. The maximum absolute atomic E-state index is 11.6. The van der Waals surface area contributed by atoms with E-state index in [1.165, 1.54) is 13.2 Å². The highest BCUT2D eigenvalue weighted by Crippen LogP contribution is 2.19. The number of rotatable bonds is 6. The summed E-state index contributed by atoms with van der Waals surface area (Å²) >= 11 is 0. The van der Waals surface area contributed by atoms with Gasteiger partial charge in [0.25, 0.3) is 0 Å². The van der Waals surface area contributed by atoms with Crippen molar-refractivity contribution in [2.24, 2.45) is 0 Å². The van der Waals surface area contributed by atoms with Crippen LogP contribution in [0.25, 0.3) is 0 Å². The number of alkyl carbamates (subject to hydrolysis) is 1. The average Bonchev–Trinajstić information content (AvgIpc) is 2.66. The lowest BCUT2D eigenvalue weighted by Crippen LogP contribution is -2.24. The Bertz CT molecular complexity index is 821. The van der Waals surface area contributed by atoms with Crippen LogP contribution in [0.1, 0.15) is 27.9 Å². The van der Waals surface area contributed by atoms with Crippen molar-refractivity contribution in [3.8, 4) is 17.6 Å². The maximum atomic E-state index is 11.6. The minimum Gasteiger partial charge on any atom is -0.496 e. The normalized spacial score (nSPS) is 9.58. The highest BCUT2D eigenvalue weighted by atomic mass is 16.5. The van der Waals surface area contributed by atoms with Crippen LogP contribution < -0.4 is 10.1 Å². The molecule has 0 aliphatic rings. The lowest BCUT2D eigenvalue weighted by Gasteiger charge is -2.05. The molecule has 0 bridgehead atoms. The molecule has 1 amide bonds. The molecule has 0 aromatic heterocycles. The van der Waals surface area contributed by atoms with E-state index in [0.29, 0.717) is 18.5 Å². The third kappa shape index (κ3) is 5.87. The Morgan fingerprint density at radius 3 is 2.62 bits per heavy atom.